The quantitative estimate of drug-likeness (QED) is 0.885. The van der Waals surface area contributed by atoms with Crippen molar-refractivity contribution in [2.75, 3.05) is 13.6 Å². The minimum Gasteiger partial charge on any atom is -0.384 e. The molecular weight excluding hydrogens is 222 g/mol. The van der Waals surface area contributed by atoms with Crippen LogP contribution in [0.3, 0.4) is 0 Å². The highest BCUT2D eigenvalue weighted by molar-refractivity contribution is 5.21. The van der Waals surface area contributed by atoms with E-state index in [1.807, 2.05) is 37.3 Å². The molecule has 2 nitrogen and oxygen atoms in total. The maximum atomic E-state index is 10.6. The zero-order valence-electron chi connectivity index (χ0n) is 12.6. The second-order valence-corrected chi connectivity index (χ2v) is 6.60. The van der Waals surface area contributed by atoms with Crippen LogP contribution in [0.5, 0.6) is 0 Å². The van der Waals surface area contributed by atoms with Gasteiger partial charge in [0.25, 0.3) is 0 Å². The Morgan fingerprint density at radius 2 is 1.61 bits per heavy atom. The van der Waals surface area contributed by atoms with Gasteiger partial charge in [0.15, 0.2) is 0 Å². The van der Waals surface area contributed by atoms with Gasteiger partial charge in [-0.25, -0.2) is 0 Å². The third-order valence-electron chi connectivity index (χ3n) is 3.87. The van der Waals surface area contributed by atoms with Crippen LogP contribution in [-0.4, -0.2) is 29.6 Å². The Bertz CT molecular complexity index is 364. The first-order valence-electron chi connectivity index (χ1n) is 6.63. The first kappa shape index (κ1) is 15.2. The Kier molecular flexibility index (Phi) is 4.57. The number of likely N-dealkylation sites (N-methyl/N-ethyl adjacent to an activating group) is 1. The van der Waals surface area contributed by atoms with Gasteiger partial charge in [-0.3, -0.25) is 4.90 Å². The lowest BCUT2D eigenvalue weighted by Crippen LogP contribution is -2.46. The maximum Gasteiger partial charge on any atom is 0.0994 e. The third kappa shape index (κ3) is 3.82. The molecule has 1 aromatic carbocycles. The van der Waals surface area contributed by atoms with Gasteiger partial charge in [-0.2, -0.15) is 0 Å². The van der Waals surface area contributed by atoms with Crippen molar-refractivity contribution in [2.45, 2.75) is 46.3 Å². The zero-order chi connectivity index (χ0) is 14.0. The first-order valence-corrected chi connectivity index (χ1v) is 6.63. The van der Waals surface area contributed by atoms with Crippen molar-refractivity contribution in [1.82, 2.24) is 4.90 Å². The van der Waals surface area contributed by atoms with E-state index >= 15 is 0 Å². The fourth-order valence-electron chi connectivity index (χ4n) is 2.17. The third-order valence-corrected chi connectivity index (χ3v) is 3.87. The summed E-state index contributed by atoms with van der Waals surface area (Å²) < 4.78 is 0. The molecule has 0 aliphatic rings. The van der Waals surface area contributed by atoms with E-state index in [1.54, 1.807) is 0 Å². The summed E-state index contributed by atoms with van der Waals surface area (Å²) in [5.41, 5.74) is 0.370. The lowest BCUT2D eigenvalue weighted by Gasteiger charge is -2.39. The molecular formula is C16H27NO. The van der Waals surface area contributed by atoms with Gasteiger partial charge in [-0.05, 0) is 31.9 Å². The van der Waals surface area contributed by atoms with Crippen molar-refractivity contribution in [1.29, 1.82) is 0 Å². The maximum absolute atomic E-state index is 10.6. The smallest absolute Gasteiger partial charge is 0.0994 e. The molecule has 18 heavy (non-hydrogen) atoms. The van der Waals surface area contributed by atoms with Gasteiger partial charge in [0, 0.05) is 12.6 Å². The molecule has 0 fully saturated rings. The highest BCUT2D eigenvalue weighted by atomic mass is 16.3. The number of aliphatic hydroxyl groups is 1. The molecule has 0 radical (unpaired) electrons. The summed E-state index contributed by atoms with van der Waals surface area (Å²) in [6.07, 6.45) is 0. The molecule has 2 unspecified atom stereocenters. The minimum atomic E-state index is -0.810. The summed E-state index contributed by atoms with van der Waals surface area (Å²) in [4.78, 5) is 2.23. The minimum absolute atomic E-state index is 0.210. The van der Waals surface area contributed by atoms with E-state index in [4.69, 9.17) is 0 Å². The molecule has 1 rings (SSSR count). The summed E-state index contributed by atoms with van der Waals surface area (Å²) in [5, 5.41) is 10.6. The number of nitrogens with zero attached hydrogens (tertiary/aromatic N) is 1. The summed E-state index contributed by atoms with van der Waals surface area (Å²) in [7, 11) is 2.08. The topological polar surface area (TPSA) is 23.5 Å². The highest BCUT2D eigenvalue weighted by Gasteiger charge is 2.30. The Labute approximate surface area is 112 Å². The van der Waals surface area contributed by atoms with E-state index in [0.717, 1.165) is 5.56 Å². The van der Waals surface area contributed by atoms with Crippen LogP contribution in [0.15, 0.2) is 30.3 Å². The molecule has 0 heterocycles. The van der Waals surface area contributed by atoms with E-state index in [-0.39, 0.29) is 5.41 Å². The molecule has 0 aromatic heterocycles. The highest BCUT2D eigenvalue weighted by Crippen LogP contribution is 2.27. The Balaban J connectivity index is 2.78. The molecule has 102 valence electrons. The van der Waals surface area contributed by atoms with E-state index in [9.17, 15) is 5.11 Å². The molecule has 0 saturated carbocycles. The fraction of sp³-hybridized carbons (Fsp3) is 0.625. The SMILES string of the molecule is CC(N(C)CC(C)(O)c1ccccc1)C(C)(C)C. The van der Waals surface area contributed by atoms with Gasteiger partial charge in [-0.1, -0.05) is 51.1 Å². The van der Waals surface area contributed by atoms with Gasteiger partial charge in [-0.15, -0.1) is 0 Å². The van der Waals surface area contributed by atoms with Crippen molar-refractivity contribution < 1.29 is 5.11 Å². The van der Waals surface area contributed by atoms with Gasteiger partial charge in [0.2, 0.25) is 0 Å². The molecule has 0 amide bonds. The molecule has 0 spiro atoms. The van der Waals surface area contributed by atoms with Crippen molar-refractivity contribution in [3.63, 3.8) is 0 Å². The summed E-state index contributed by atoms with van der Waals surface area (Å²) in [6.45, 7) is 11.4. The van der Waals surface area contributed by atoms with Gasteiger partial charge in [0.05, 0.1) is 5.60 Å². The van der Waals surface area contributed by atoms with E-state index in [2.05, 4.69) is 39.6 Å². The predicted octanol–water partition coefficient (Wildman–Crippen LogP) is 3.26. The summed E-state index contributed by atoms with van der Waals surface area (Å²) in [6, 6.07) is 10.3. The Morgan fingerprint density at radius 3 is 2.06 bits per heavy atom. The van der Waals surface area contributed by atoms with Crippen molar-refractivity contribution in [3.05, 3.63) is 35.9 Å². The summed E-state index contributed by atoms with van der Waals surface area (Å²) in [5.74, 6) is 0. The second-order valence-electron chi connectivity index (χ2n) is 6.60. The van der Waals surface area contributed by atoms with E-state index < -0.39 is 5.60 Å². The predicted molar refractivity (Wildman–Crippen MR) is 77.6 cm³/mol. The van der Waals surface area contributed by atoms with Gasteiger partial charge < -0.3 is 5.11 Å². The van der Waals surface area contributed by atoms with Crippen LogP contribution in [0.4, 0.5) is 0 Å². The zero-order valence-corrected chi connectivity index (χ0v) is 12.6. The normalized spacial score (nSPS) is 17.6. The van der Waals surface area contributed by atoms with Crippen LogP contribution in [0, 0.1) is 5.41 Å². The van der Waals surface area contributed by atoms with Crippen LogP contribution in [0.2, 0.25) is 0 Å². The second kappa shape index (κ2) is 5.41. The van der Waals surface area contributed by atoms with Crippen LogP contribution in [-0.2, 0) is 5.60 Å². The molecule has 2 atom stereocenters. The fourth-order valence-corrected chi connectivity index (χ4v) is 2.17. The average Bonchev–Trinajstić information content (AvgIpc) is 2.27. The number of benzene rings is 1. The molecule has 0 saturated heterocycles. The lowest BCUT2D eigenvalue weighted by molar-refractivity contribution is -0.00201. The Morgan fingerprint density at radius 1 is 1.11 bits per heavy atom. The average molecular weight is 249 g/mol. The molecule has 1 N–H and O–H groups in total. The lowest BCUT2D eigenvalue weighted by atomic mass is 9.86. The number of rotatable bonds is 4. The molecule has 0 bridgehead atoms. The molecule has 0 aliphatic heterocycles. The van der Waals surface area contributed by atoms with Crippen molar-refractivity contribution in [3.8, 4) is 0 Å². The van der Waals surface area contributed by atoms with Crippen LogP contribution < -0.4 is 0 Å². The summed E-state index contributed by atoms with van der Waals surface area (Å²) >= 11 is 0. The monoisotopic (exact) mass is 249 g/mol. The molecule has 1 aromatic rings. The van der Waals surface area contributed by atoms with Gasteiger partial charge >= 0.3 is 0 Å². The van der Waals surface area contributed by atoms with Crippen molar-refractivity contribution >= 4 is 0 Å². The van der Waals surface area contributed by atoms with Crippen LogP contribution >= 0.6 is 0 Å². The van der Waals surface area contributed by atoms with Crippen LogP contribution in [0.1, 0.15) is 40.2 Å². The standard InChI is InChI=1S/C16H27NO/c1-13(15(2,3)4)17(6)12-16(5,18)14-10-8-7-9-11-14/h7-11,13,18H,12H2,1-6H3. The largest absolute Gasteiger partial charge is 0.384 e. The number of hydrogen-bond donors (Lipinski definition) is 1. The molecule has 0 aliphatic carbocycles. The molecule has 2 heteroatoms. The Hall–Kier alpha value is -0.860. The first-order chi connectivity index (χ1) is 8.14. The van der Waals surface area contributed by atoms with Crippen molar-refractivity contribution in [2.24, 2.45) is 5.41 Å². The van der Waals surface area contributed by atoms with E-state index in [1.165, 1.54) is 0 Å². The van der Waals surface area contributed by atoms with Crippen LogP contribution in [0.25, 0.3) is 0 Å². The number of hydrogen-bond acceptors (Lipinski definition) is 2. The van der Waals surface area contributed by atoms with E-state index in [0.29, 0.717) is 12.6 Å². The van der Waals surface area contributed by atoms with Gasteiger partial charge in [0.1, 0.15) is 0 Å².